The van der Waals surface area contributed by atoms with E-state index in [4.69, 9.17) is 28.3 Å². The molecule has 1 saturated carbocycles. The summed E-state index contributed by atoms with van der Waals surface area (Å²) in [6, 6.07) is 5.30. The van der Waals surface area contributed by atoms with Gasteiger partial charge < -0.3 is 10.4 Å². The van der Waals surface area contributed by atoms with Gasteiger partial charge in [0.05, 0.1) is 0 Å². The molecular formula is C14H15Cl2NO3. The molecule has 1 aliphatic carbocycles. The Morgan fingerprint density at radius 3 is 2.75 bits per heavy atom. The lowest BCUT2D eigenvalue weighted by atomic mass is 10.1. The van der Waals surface area contributed by atoms with Gasteiger partial charge >= 0.3 is 5.97 Å². The van der Waals surface area contributed by atoms with Gasteiger partial charge in [-0.05, 0) is 36.5 Å². The number of carbonyl (C=O) groups excluding carboxylic acids is 1. The Morgan fingerprint density at radius 1 is 1.35 bits per heavy atom. The van der Waals surface area contributed by atoms with E-state index < -0.39 is 5.97 Å². The first-order valence-corrected chi connectivity index (χ1v) is 7.19. The zero-order chi connectivity index (χ0) is 14.7. The van der Waals surface area contributed by atoms with Crippen LogP contribution < -0.4 is 5.32 Å². The second-order valence-electron chi connectivity index (χ2n) is 4.90. The van der Waals surface area contributed by atoms with Crippen molar-refractivity contribution in [2.24, 2.45) is 5.92 Å². The quantitative estimate of drug-likeness (QED) is 0.793. The topological polar surface area (TPSA) is 66.4 Å². The minimum absolute atomic E-state index is 0.0357. The molecule has 2 atom stereocenters. The van der Waals surface area contributed by atoms with Gasteiger partial charge in [0.25, 0.3) is 0 Å². The van der Waals surface area contributed by atoms with Crippen LogP contribution >= 0.6 is 23.2 Å². The van der Waals surface area contributed by atoms with E-state index in [0.717, 1.165) is 12.0 Å². The highest BCUT2D eigenvalue weighted by Gasteiger charge is 2.44. The maximum atomic E-state index is 11.9. The number of carboxylic acid groups (broad SMARTS) is 1. The average molecular weight is 316 g/mol. The van der Waals surface area contributed by atoms with Crippen LogP contribution in [0.1, 0.15) is 30.7 Å². The Labute approximate surface area is 127 Å². The molecule has 0 bridgehead atoms. The largest absolute Gasteiger partial charge is 0.481 e. The van der Waals surface area contributed by atoms with Crippen LogP contribution in [-0.2, 0) is 9.59 Å². The number of benzene rings is 1. The first-order valence-electron chi connectivity index (χ1n) is 6.43. The van der Waals surface area contributed by atoms with Gasteiger partial charge in [-0.15, -0.1) is 0 Å². The lowest BCUT2D eigenvalue weighted by Gasteiger charge is -2.05. The molecule has 1 fully saturated rings. The molecule has 1 aromatic rings. The number of rotatable bonds is 6. The van der Waals surface area contributed by atoms with Crippen molar-refractivity contribution in [1.82, 2.24) is 5.32 Å². The van der Waals surface area contributed by atoms with E-state index in [9.17, 15) is 9.59 Å². The van der Waals surface area contributed by atoms with E-state index in [1.165, 1.54) is 0 Å². The van der Waals surface area contributed by atoms with Gasteiger partial charge in [-0.25, -0.2) is 0 Å². The number of aliphatic carboxylic acids is 1. The predicted octanol–water partition coefficient (Wildman–Crippen LogP) is 3.08. The second kappa shape index (κ2) is 6.46. The van der Waals surface area contributed by atoms with Crippen LogP contribution in [0.3, 0.4) is 0 Å². The van der Waals surface area contributed by atoms with Gasteiger partial charge in [-0.2, -0.15) is 0 Å². The second-order valence-corrected chi connectivity index (χ2v) is 5.75. The van der Waals surface area contributed by atoms with E-state index >= 15 is 0 Å². The van der Waals surface area contributed by atoms with Crippen molar-refractivity contribution in [1.29, 1.82) is 0 Å². The zero-order valence-electron chi connectivity index (χ0n) is 10.7. The molecule has 0 aromatic heterocycles. The number of hydrogen-bond acceptors (Lipinski definition) is 2. The third-order valence-electron chi connectivity index (χ3n) is 3.36. The number of nitrogens with one attached hydrogen (secondary N) is 1. The normalized spacial score (nSPS) is 20.5. The zero-order valence-corrected chi connectivity index (χ0v) is 12.2. The Bertz CT molecular complexity index is 533. The summed E-state index contributed by atoms with van der Waals surface area (Å²) in [5.41, 5.74) is 0.946. The molecule has 2 unspecified atom stereocenters. The molecule has 1 aromatic carbocycles. The molecule has 2 rings (SSSR count). The summed E-state index contributed by atoms with van der Waals surface area (Å²) in [5, 5.41) is 12.4. The van der Waals surface area contributed by atoms with Crippen molar-refractivity contribution in [2.75, 3.05) is 6.54 Å². The SMILES string of the molecule is O=C(O)CCCNC(=O)C1CC1c1ccc(Cl)cc1Cl. The van der Waals surface area contributed by atoms with E-state index in [2.05, 4.69) is 5.32 Å². The highest BCUT2D eigenvalue weighted by atomic mass is 35.5. The third-order valence-corrected chi connectivity index (χ3v) is 3.92. The fourth-order valence-electron chi connectivity index (χ4n) is 2.21. The molecule has 0 heterocycles. The highest BCUT2D eigenvalue weighted by Crippen LogP contribution is 2.49. The van der Waals surface area contributed by atoms with Crippen molar-refractivity contribution in [3.05, 3.63) is 33.8 Å². The smallest absolute Gasteiger partial charge is 0.303 e. The van der Waals surface area contributed by atoms with E-state index in [1.807, 2.05) is 6.07 Å². The number of halogens is 2. The molecule has 1 aliphatic rings. The van der Waals surface area contributed by atoms with Crippen LogP contribution in [0.2, 0.25) is 10.0 Å². The summed E-state index contributed by atoms with van der Waals surface area (Å²) < 4.78 is 0. The maximum Gasteiger partial charge on any atom is 0.303 e. The summed E-state index contributed by atoms with van der Waals surface area (Å²) >= 11 is 12.0. The molecule has 0 radical (unpaired) electrons. The molecule has 4 nitrogen and oxygen atoms in total. The Hall–Kier alpha value is -1.26. The van der Waals surface area contributed by atoms with Crippen molar-refractivity contribution >= 4 is 35.1 Å². The summed E-state index contributed by atoms with van der Waals surface area (Å²) in [6.07, 6.45) is 1.28. The maximum absolute atomic E-state index is 11.9. The van der Waals surface area contributed by atoms with Crippen molar-refractivity contribution in [3.8, 4) is 0 Å². The van der Waals surface area contributed by atoms with Crippen LogP contribution in [-0.4, -0.2) is 23.5 Å². The third kappa shape index (κ3) is 3.87. The van der Waals surface area contributed by atoms with Gasteiger partial charge in [0, 0.05) is 28.9 Å². The van der Waals surface area contributed by atoms with Crippen LogP contribution in [0, 0.1) is 5.92 Å². The number of carbonyl (C=O) groups is 2. The van der Waals surface area contributed by atoms with Crippen LogP contribution in [0.15, 0.2) is 18.2 Å². The summed E-state index contributed by atoms with van der Waals surface area (Å²) in [7, 11) is 0. The summed E-state index contributed by atoms with van der Waals surface area (Å²) in [5.74, 6) is -0.819. The fraction of sp³-hybridized carbons (Fsp3) is 0.429. The highest BCUT2D eigenvalue weighted by molar-refractivity contribution is 6.35. The minimum Gasteiger partial charge on any atom is -0.481 e. The van der Waals surface area contributed by atoms with Gasteiger partial charge in [0.15, 0.2) is 0 Å². The first-order chi connectivity index (χ1) is 9.49. The summed E-state index contributed by atoms with van der Waals surface area (Å²) in [6.45, 7) is 0.392. The van der Waals surface area contributed by atoms with Gasteiger partial charge in [-0.3, -0.25) is 9.59 Å². The molecular weight excluding hydrogens is 301 g/mol. The number of carboxylic acids is 1. The Kier molecular flexibility index (Phi) is 4.89. The van der Waals surface area contributed by atoms with Crippen LogP contribution in [0.5, 0.6) is 0 Å². The predicted molar refractivity (Wildman–Crippen MR) is 77.2 cm³/mol. The molecule has 6 heteroatoms. The van der Waals surface area contributed by atoms with Crippen LogP contribution in [0.25, 0.3) is 0 Å². The molecule has 1 amide bonds. The lowest BCUT2D eigenvalue weighted by molar-refractivity contribution is -0.137. The standard InChI is InChI=1S/C14H15Cl2NO3/c15-8-3-4-9(12(16)6-8)10-7-11(10)14(20)17-5-1-2-13(18)19/h3-4,6,10-11H,1-2,5,7H2,(H,17,20)(H,18,19). The van der Waals surface area contributed by atoms with E-state index in [1.54, 1.807) is 12.1 Å². The first kappa shape index (κ1) is 15.1. The minimum atomic E-state index is -0.850. The Balaban J connectivity index is 1.82. The molecule has 2 N–H and O–H groups in total. The van der Waals surface area contributed by atoms with Crippen molar-refractivity contribution in [3.63, 3.8) is 0 Å². The van der Waals surface area contributed by atoms with Gasteiger partial charge in [0.2, 0.25) is 5.91 Å². The fourth-order valence-corrected chi connectivity index (χ4v) is 2.76. The van der Waals surface area contributed by atoms with E-state index in [0.29, 0.717) is 23.0 Å². The van der Waals surface area contributed by atoms with Gasteiger partial charge in [-0.1, -0.05) is 29.3 Å². The average Bonchev–Trinajstić information content (AvgIpc) is 3.14. The molecule has 0 spiro atoms. The Morgan fingerprint density at radius 2 is 2.10 bits per heavy atom. The molecule has 20 heavy (non-hydrogen) atoms. The van der Waals surface area contributed by atoms with Crippen molar-refractivity contribution < 1.29 is 14.7 Å². The molecule has 0 aliphatic heterocycles. The van der Waals surface area contributed by atoms with Crippen LogP contribution in [0.4, 0.5) is 0 Å². The summed E-state index contributed by atoms with van der Waals surface area (Å²) in [4.78, 5) is 22.2. The lowest BCUT2D eigenvalue weighted by Crippen LogP contribution is -2.26. The number of amides is 1. The van der Waals surface area contributed by atoms with Gasteiger partial charge in [0.1, 0.15) is 0 Å². The molecule has 108 valence electrons. The van der Waals surface area contributed by atoms with Crippen molar-refractivity contribution in [2.45, 2.75) is 25.2 Å². The van der Waals surface area contributed by atoms with E-state index in [-0.39, 0.29) is 24.2 Å². The number of hydrogen-bond donors (Lipinski definition) is 2. The molecule has 0 saturated heterocycles. The monoisotopic (exact) mass is 315 g/mol.